The first-order chi connectivity index (χ1) is 11.7. The molecule has 1 aliphatic carbocycles. The molecule has 130 valence electrons. The van der Waals surface area contributed by atoms with Crippen LogP contribution in [-0.2, 0) is 9.59 Å². The summed E-state index contributed by atoms with van der Waals surface area (Å²) in [5.41, 5.74) is 0.859. The van der Waals surface area contributed by atoms with Crippen LogP contribution in [0.5, 0.6) is 5.75 Å². The van der Waals surface area contributed by atoms with Gasteiger partial charge in [-0.05, 0) is 44.0 Å². The van der Waals surface area contributed by atoms with Crippen molar-refractivity contribution < 1.29 is 14.3 Å². The summed E-state index contributed by atoms with van der Waals surface area (Å²) in [5.74, 6) is 1.12. The Morgan fingerprint density at radius 1 is 1.21 bits per heavy atom. The van der Waals surface area contributed by atoms with Crippen LogP contribution in [0.3, 0.4) is 0 Å². The lowest BCUT2D eigenvalue weighted by Crippen LogP contribution is -2.41. The summed E-state index contributed by atoms with van der Waals surface area (Å²) < 4.78 is 5.43. The maximum Gasteiger partial charge on any atom is 0.229 e. The summed E-state index contributed by atoms with van der Waals surface area (Å²) in [4.78, 5) is 26.4. The molecule has 1 aliphatic heterocycles. The quantitative estimate of drug-likeness (QED) is 0.903. The summed E-state index contributed by atoms with van der Waals surface area (Å²) in [7, 11) is 0. The Hall–Kier alpha value is -2.04. The molecular weight excluding hydrogens is 304 g/mol. The summed E-state index contributed by atoms with van der Waals surface area (Å²) in [6.07, 6.45) is 5.85. The normalized spacial score (nSPS) is 21.8. The SMILES string of the molecule is CCOc1ccc(N2CC(NC(=O)C3CCCCC3)CC2=O)cc1. The Labute approximate surface area is 143 Å². The van der Waals surface area contributed by atoms with Gasteiger partial charge in [-0.1, -0.05) is 19.3 Å². The van der Waals surface area contributed by atoms with Gasteiger partial charge in [-0.2, -0.15) is 0 Å². The number of carbonyl (C=O) groups is 2. The van der Waals surface area contributed by atoms with E-state index in [1.54, 1.807) is 4.90 Å². The maximum atomic E-state index is 12.4. The first-order valence-electron chi connectivity index (χ1n) is 9.01. The smallest absolute Gasteiger partial charge is 0.229 e. The summed E-state index contributed by atoms with van der Waals surface area (Å²) >= 11 is 0. The molecule has 1 saturated heterocycles. The van der Waals surface area contributed by atoms with Crippen molar-refractivity contribution in [3.8, 4) is 5.75 Å². The van der Waals surface area contributed by atoms with Crippen LogP contribution in [-0.4, -0.2) is 31.0 Å². The van der Waals surface area contributed by atoms with Gasteiger partial charge >= 0.3 is 0 Å². The second-order valence-corrected chi connectivity index (χ2v) is 6.68. The fourth-order valence-electron chi connectivity index (χ4n) is 3.63. The Balaban J connectivity index is 1.57. The fraction of sp³-hybridized carbons (Fsp3) is 0.579. The molecule has 1 N–H and O–H groups in total. The summed E-state index contributed by atoms with van der Waals surface area (Å²) in [5, 5.41) is 3.08. The molecule has 0 radical (unpaired) electrons. The second-order valence-electron chi connectivity index (χ2n) is 6.68. The van der Waals surface area contributed by atoms with Crippen LogP contribution in [0.25, 0.3) is 0 Å². The van der Waals surface area contributed by atoms with Crippen LogP contribution in [0.2, 0.25) is 0 Å². The number of anilines is 1. The molecule has 24 heavy (non-hydrogen) atoms. The first-order valence-corrected chi connectivity index (χ1v) is 9.01. The van der Waals surface area contributed by atoms with Crippen LogP contribution >= 0.6 is 0 Å². The lowest BCUT2D eigenvalue weighted by Gasteiger charge is -2.23. The maximum absolute atomic E-state index is 12.4. The Kier molecular flexibility index (Phi) is 5.38. The van der Waals surface area contributed by atoms with Crippen molar-refractivity contribution in [2.75, 3.05) is 18.1 Å². The third-order valence-corrected chi connectivity index (χ3v) is 4.91. The predicted molar refractivity (Wildman–Crippen MR) is 93.1 cm³/mol. The number of hydrogen-bond acceptors (Lipinski definition) is 3. The van der Waals surface area contributed by atoms with Gasteiger partial charge in [0.15, 0.2) is 0 Å². The van der Waals surface area contributed by atoms with Crippen molar-refractivity contribution >= 4 is 17.5 Å². The lowest BCUT2D eigenvalue weighted by molar-refractivity contribution is -0.126. The van der Waals surface area contributed by atoms with E-state index in [-0.39, 0.29) is 23.8 Å². The monoisotopic (exact) mass is 330 g/mol. The standard InChI is InChI=1S/C19H26N2O3/c1-2-24-17-10-8-16(9-11-17)21-13-15(12-18(21)22)20-19(23)14-6-4-3-5-7-14/h8-11,14-15H,2-7,12-13H2,1H3,(H,20,23). The van der Waals surface area contributed by atoms with Gasteiger partial charge < -0.3 is 15.0 Å². The van der Waals surface area contributed by atoms with E-state index in [1.807, 2.05) is 31.2 Å². The zero-order valence-corrected chi connectivity index (χ0v) is 14.3. The van der Waals surface area contributed by atoms with Gasteiger partial charge in [0, 0.05) is 24.6 Å². The lowest BCUT2D eigenvalue weighted by atomic mass is 9.88. The molecule has 1 aromatic rings. The van der Waals surface area contributed by atoms with Crippen molar-refractivity contribution in [3.63, 3.8) is 0 Å². The molecule has 5 nitrogen and oxygen atoms in total. The number of amides is 2. The van der Waals surface area contributed by atoms with Crippen LogP contribution in [0.15, 0.2) is 24.3 Å². The van der Waals surface area contributed by atoms with E-state index < -0.39 is 0 Å². The van der Waals surface area contributed by atoms with Crippen molar-refractivity contribution in [2.24, 2.45) is 5.92 Å². The molecule has 1 atom stereocenters. The van der Waals surface area contributed by atoms with Gasteiger partial charge in [-0.3, -0.25) is 9.59 Å². The van der Waals surface area contributed by atoms with Gasteiger partial charge in [0.25, 0.3) is 0 Å². The number of rotatable bonds is 5. The van der Waals surface area contributed by atoms with Crippen LogP contribution < -0.4 is 15.0 Å². The molecule has 1 unspecified atom stereocenters. The van der Waals surface area contributed by atoms with E-state index >= 15 is 0 Å². The summed E-state index contributed by atoms with van der Waals surface area (Å²) in [6, 6.07) is 7.46. The molecule has 1 aromatic carbocycles. The van der Waals surface area contributed by atoms with E-state index in [2.05, 4.69) is 5.32 Å². The number of ether oxygens (including phenoxy) is 1. The van der Waals surface area contributed by atoms with Crippen LogP contribution in [0.1, 0.15) is 45.4 Å². The highest BCUT2D eigenvalue weighted by molar-refractivity contribution is 5.97. The Morgan fingerprint density at radius 3 is 2.58 bits per heavy atom. The molecular formula is C19H26N2O3. The van der Waals surface area contributed by atoms with E-state index in [9.17, 15) is 9.59 Å². The van der Waals surface area contributed by atoms with Crippen molar-refractivity contribution in [3.05, 3.63) is 24.3 Å². The molecule has 0 bridgehead atoms. The van der Waals surface area contributed by atoms with Gasteiger partial charge in [0.05, 0.1) is 12.6 Å². The number of benzene rings is 1. The topological polar surface area (TPSA) is 58.6 Å². The summed E-state index contributed by atoms with van der Waals surface area (Å²) in [6.45, 7) is 3.11. The number of nitrogens with one attached hydrogen (secondary N) is 1. The van der Waals surface area contributed by atoms with Crippen molar-refractivity contribution in [2.45, 2.75) is 51.5 Å². The zero-order chi connectivity index (χ0) is 16.9. The van der Waals surface area contributed by atoms with Crippen LogP contribution in [0, 0.1) is 5.92 Å². The number of carbonyl (C=O) groups excluding carboxylic acids is 2. The molecule has 1 saturated carbocycles. The molecule has 5 heteroatoms. The van der Waals surface area contributed by atoms with E-state index in [1.165, 1.54) is 6.42 Å². The average molecular weight is 330 g/mol. The largest absolute Gasteiger partial charge is 0.494 e. The minimum Gasteiger partial charge on any atom is -0.494 e. The number of hydrogen-bond donors (Lipinski definition) is 1. The molecule has 2 aliphatic rings. The van der Waals surface area contributed by atoms with Gasteiger partial charge in [0.1, 0.15) is 5.75 Å². The van der Waals surface area contributed by atoms with E-state index in [0.717, 1.165) is 37.1 Å². The van der Waals surface area contributed by atoms with E-state index in [0.29, 0.717) is 19.6 Å². The Bertz CT molecular complexity index is 579. The van der Waals surface area contributed by atoms with Gasteiger partial charge in [-0.15, -0.1) is 0 Å². The minimum atomic E-state index is -0.0847. The third-order valence-electron chi connectivity index (χ3n) is 4.91. The van der Waals surface area contributed by atoms with Crippen molar-refractivity contribution in [1.82, 2.24) is 5.32 Å². The predicted octanol–water partition coefficient (Wildman–Crippen LogP) is 2.89. The van der Waals surface area contributed by atoms with Crippen LogP contribution in [0.4, 0.5) is 5.69 Å². The van der Waals surface area contributed by atoms with E-state index in [4.69, 9.17) is 4.74 Å². The van der Waals surface area contributed by atoms with Gasteiger partial charge in [0.2, 0.25) is 11.8 Å². The number of nitrogens with zero attached hydrogens (tertiary/aromatic N) is 1. The average Bonchev–Trinajstić information content (AvgIpc) is 2.97. The highest BCUT2D eigenvalue weighted by atomic mass is 16.5. The Morgan fingerprint density at radius 2 is 1.92 bits per heavy atom. The molecule has 2 fully saturated rings. The highest BCUT2D eigenvalue weighted by Crippen LogP contribution is 2.26. The third kappa shape index (κ3) is 3.89. The molecule has 1 heterocycles. The highest BCUT2D eigenvalue weighted by Gasteiger charge is 2.33. The van der Waals surface area contributed by atoms with Crippen molar-refractivity contribution in [1.29, 1.82) is 0 Å². The zero-order valence-electron chi connectivity index (χ0n) is 14.3. The molecule has 3 rings (SSSR count). The molecule has 0 spiro atoms. The first kappa shape index (κ1) is 16.8. The fourth-order valence-corrected chi connectivity index (χ4v) is 3.63. The minimum absolute atomic E-state index is 0.0631. The molecule has 0 aromatic heterocycles. The van der Waals surface area contributed by atoms with Gasteiger partial charge in [-0.25, -0.2) is 0 Å². The second kappa shape index (κ2) is 7.69. The molecule has 2 amide bonds.